The van der Waals surface area contributed by atoms with Crippen LogP contribution in [0.25, 0.3) is 0 Å². The van der Waals surface area contributed by atoms with Crippen molar-refractivity contribution in [3.8, 4) is 29.4 Å². The van der Waals surface area contributed by atoms with E-state index in [2.05, 4.69) is 23.7 Å². The number of methoxy groups -OCH3 is 1. The third-order valence-electron chi connectivity index (χ3n) is 3.44. The van der Waals surface area contributed by atoms with Crippen molar-refractivity contribution in [2.75, 3.05) is 7.11 Å². The Morgan fingerprint density at radius 2 is 1.12 bits per heavy atom. The molecule has 0 saturated carbocycles. The summed E-state index contributed by atoms with van der Waals surface area (Å²) in [4.78, 5) is 0. The van der Waals surface area contributed by atoms with Gasteiger partial charge in [0.1, 0.15) is 5.75 Å². The van der Waals surface area contributed by atoms with Gasteiger partial charge in [0, 0.05) is 16.7 Å². The van der Waals surface area contributed by atoms with Gasteiger partial charge in [0.15, 0.2) is 0 Å². The van der Waals surface area contributed by atoms with Gasteiger partial charge in [-0.1, -0.05) is 60.1 Å². The number of benzene rings is 3. The average molecular weight is 308 g/mol. The highest BCUT2D eigenvalue weighted by molar-refractivity contribution is 5.54. The molecule has 0 aliphatic carbocycles. The minimum Gasteiger partial charge on any atom is -0.495 e. The molecule has 0 N–H and O–H groups in total. The zero-order chi connectivity index (χ0) is 16.6. The maximum atomic E-state index is 5.40. The van der Waals surface area contributed by atoms with Gasteiger partial charge >= 0.3 is 0 Å². The third-order valence-corrected chi connectivity index (χ3v) is 3.44. The van der Waals surface area contributed by atoms with Gasteiger partial charge in [0.05, 0.1) is 12.7 Å². The van der Waals surface area contributed by atoms with Crippen molar-refractivity contribution >= 4 is 0 Å². The van der Waals surface area contributed by atoms with Crippen LogP contribution in [0.1, 0.15) is 22.3 Å². The van der Waals surface area contributed by atoms with Gasteiger partial charge < -0.3 is 4.74 Å². The first-order chi connectivity index (χ1) is 11.8. The number of hydrogen-bond donors (Lipinski definition) is 0. The van der Waals surface area contributed by atoms with E-state index < -0.39 is 0 Å². The minimum absolute atomic E-state index is 0.753. The molecule has 1 nitrogen and oxygen atoms in total. The van der Waals surface area contributed by atoms with Gasteiger partial charge in [-0.05, 0) is 42.5 Å². The molecule has 0 radical (unpaired) electrons. The van der Waals surface area contributed by atoms with Gasteiger partial charge in [-0.25, -0.2) is 0 Å². The van der Waals surface area contributed by atoms with Crippen LogP contribution in [-0.4, -0.2) is 7.11 Å². The van der Waals surface area contributed by atoms with Crippen molar-refractivity contribution in [1.82, 2.24) is 0 Å². The summed E-state index contributed by atoms with van der Waals surface area (Å²) in [6.07, 6.45) is 0. The van der Waals surface area contributed by atoms with Crippen molar-refractivity contribution < 1.29 is 4.74 Å². The molecule has 0 bridgehead atoms. The lowest BCUT2D eigenvalue weighted by molar-refractivity contribution is 0.413. The van der Waals surface area contributed by atoms with Crippen LogP contribution in [0, 0.1) is 23.7 Å². The summed E-state index contributed by atoms with van der Waals surface area (Å²) >= 11 is 0. The first kappa shape index (κ1) is 15.5. The molecular weight excluding hydrogens is 292 g/mol. The number of ether oxygens (including phenoxy) is 1. The van der Waals surface area contributed by atoms with E-state index >= 15 is 0 Å². The molecule has 0 aliphatic heterocycles. The van der Waals surface area contributed by atoms with E-state index in [1.807, 2.05) is 78.9 Å². The van der Waals surface area contributed by atoms with E-state index in [0.717, 1.165) is 28.0 Å². The van der Waals surface area contributed by atoms with Crippen LogP contribution in [0.3, 0.4) is 0 Å². The molecule has 0 spiro atoms. The van der Waals surface area contributed by atoms with E-state index in [0.29, 0.717) is 0 Å². The van der Waals surface area contributed by atoms with Crippen molar-refractivity contribution in [2.45, 2.75) is 0 Å². The summed E-state index contributed by atoms with van der Waals surface area (Å²) in [7, 11) is 1.65. The summed E-state index contributed by atoms with van der Waals surface area (Å²) < 4.78 is 5.40. The van der Waals surface area contributed by atoms with Crippen LogP contribution in [0.2, 0.25) is 0 Å². The second-order valence-electron chi connectivity index (χ2n) is 5.15. The maximum Gasteiger partial charge on any atom is 0.134 e. The van der Waals surface area contributed by atoms with Gasteiger partial charge in [0.2, 0.25) is 0 Å². The molecule has 0 atom stereocenters. The Kier molecular flexibility index (Phi) is 4.98. The number of rotatable bonds is 1. The first-order valence-corrected chi connectivity index (χ1v) is 7.67. The van der Waals surface area contributed by atoms with E-state index in [1.54, 1.807) is 7.11 Å². The van der Waals surface area contributed by atoms with Crippen LogP contribution in [0.4, 0.5) is 0 Å². The standard InChI is InChI=1S/C23H16O/c1-24-23-17-15-21(13-12-19-8-4-2-5-9-19)18-22(23)16-14-20-10-6-3-7-11-20/h2-11,15,17-18H,1H3. The van der Waals surface area contributed by atoms with Crippen molar-refractivity contribution in [2.24, 2.45) is 0 Å². The Morgan fingerprint density at radius 3 is 1.71 bits per heavy atom. The van der Waals surface area contributed by atoms with E-state index in [1.165, 1.54) is 0 Å². The average Bonchev–Trinajstić information content (AvgIpc) is 2.66. The molecule has 3 aromatic carbocycles. The molecule has 24 heavy (non-hydrogen) atoms. The lowest BCUT2D eigenvalue weighted by atomic mass is 10.1. The zero-order valence-corrected chi connectivity index (χ0v) is 13.4. The highest BCUT2D eigenvalue weighted by atomic mass is 16.5. The molecule has 3 aromatic rings. The highest BCUT2D eigenvalue weighted by Gasteiger charge is 2.00. The van der Waals surface area contributed by atoms with E-state index in [-0.39, 0.29) is 0 Å². The molecule has 114 valence electrons. The quantitative estimate of drug-likeness (QED) is 0.602. The van der Waals surface area contributed by atoms with Crippen molar-refractivity contribution in [3.63, 3.8) is 0 Å². The third kappa shape index (κ3) is 4.07. The normalized spacial score (nSPS) is 9.21. The molecule has 0 fully saturated rings. The summed E-state index contributed by atoms with van der Waals surface area (Å²) in [5, 5.41) is 0. The fourth-order valence-electron chi connectivity index (χ4n) is 2.21. The van der Waals surface area contributed by atoms with Gasteiger partial charge in [-0.15, -0.1) is 0 Å². The Labute approximate surface area is 142 Å². The number of hydrogen-bond acceptors (Lipinski definition) is 1. The van der Waals surface area contributed by atoms with Gasteiger partial charge in [-0.2, -0.15) is 0 Å². The minimum atomic E-state index is 0.753. The van der Waals surface area contributed by atoms with Crippen molar-refractivity contribution in [1.29, 1.82) is 0 Å². The first-order valence-electron chi connectivity index (χ1n) is 7.67. The lowest BCUT2D eigenvalue weighted by Crippen LogP contribution is -1.89. The molecule has 3 rings (SSSR count). The van der Waals surface area contributed by atoms with Gasteiger partial charge in [0.25, 0.3) is 0 Å². The van der Waals surface area contributed by atoms with Crippen LogP contribution < -0.4 is 4.74 Å². The van der Waals surface area contributed by atoms with E-state index in [4.69, 9.17) is 4.74 Å². The summed E-state index contributed by atoms with van der Waals surface area (Å²) in [5.74, 6) is 13.4. The van der Waals surface area contributed by atoms with Crippen LogP contribution in [-0.2, 0) is 0 Å². The second kappa shape index (κ2) is 7.73. The fraction of sp³-hybridized carbons (Fsp3) is 0.0435. The molecule has 0 aromatic heterocycles. The van der Waals surface area contributed by atoms with Crippen LogP contribution in [0.5, 0.6) is 5.75 Å². The van der Waals surface area contributed by atoms with E-state index in [9.17, 15) is 0 Å². The lowest BCUT2D eigenvalue weighted by Gasteiger charge is -2.03. The molecule has 0 aliphatic rings. The van der Waals surface area contributed by atoms with Gasteiger partial charge in [-0.3, -0.25) is 0 Å². The Morgan fingerprint density at radius 1 is 0.583 bits per heavy atom. The topological polar surface area (TPSA) is 9.23 Å². The smallest absolute Gasteiger partial charge is 0.134 e. The summed E-state index contributed by atoms with van der Waals surface area (Å²) in [5.41, 5.74) is 3.71. The monoisotopic (exact) mass is 308 g/mol. The molecule has 0 heterocycles. The molecule has 0 amide bonds. The van der Waals surface area contributed by atoms with Crippen LogP contribution in [0.15, 0.2) is 78.9 Å². The Hall–Kier alpha value is -3.42. The SMILES string of the molecule is COc1ccc(C#Cc2ccccc2)cc1C#Cc1ccccc1. The predicted octanol–water partition coefficient (Wildman–Crippen LogP) is 4.49. The molecule has 0 unspecified atom stereocenters. The Bertz CT molecular complexity index is 933. The van der Waals surface area contributed by atoms with Crippen molar-refractivity contribution in [3.05, 3.63) is 101 Å². The fourth-order valence-corrected chi connectivity index (χ4v) is 2.21. The summed E-state index contributed by atoms with van der Waals surface area (Å²) in [6.45, 7) is 0. The Balaban J connectivity index is 1.92. The zero-order valence-electron chi connectivity index (χ0n) is 13.4. The molecule has 0 saturated heterocycles. The second-order valence-corrected chi connectivity index (χ2v) is 5.15. The van der Waals surface area contributed by atoms with Crippen LogP contribution >= 0.6 is 0 Å². The summed E-state index contributed by atoms with van der Waals surface area (Å²) in [6, 6.07) is 25.6. The molecular formula is C23H16O. The predicted molar refractivity (Wildman–Crippen MR) is 97.8 cm³/mol. The maximum absolute atomic E-state index is 5.40. The highest BCUT2D eigenvalue weighted by Crippen LogP contribution is 2.18. The largest absolute Gasteiger partial charge is 0.495 e. The molecule has 1 heteroatoms.